The molecule has 1 unspecified atom stereocenters. The maximum Gasteiger partial charge on any atom is 0.343 e. The van der Waals surface area contributed by atoms with Crippen LogP contribution in [0.4, 0.5) is 0 Å². The highest BCUT2D eigenvalue weighted by Crippen LogP contribution is 2.26. The fourth-order valence-electron chi connectivity index (χ4n) is 1.64. The van der Waals surface area contributed by atoms with E-state index in [2.05, 4.69) is 43.9 Å². The van der Waals surface area contributed by atoms with E-state index < -0.39 is 0 Å². The van der Waals surface area contributed by atoms with Gasteiger partial charge in [0.05, 0.1) is 6.61 Å². The number of esters is 1. The first kappa shape index (κ1) is 16.7. The van der Waals surface area contributed by atoms with Crippen LogP contribution < -0.4 is 0 Å². The summed E-state index contributed by atoms with van der Waals surface area (Å²) < 4.78 is 13.0. The smallest absolute Gasteiger partial charge is 0.343 e. The molecule has 0 N–H and O–H groups in total. The van der Waals surface area contributed by atoms with Gasteiger partial charge in [-0.15, -0.1) is 0 Å². The second-order valence-electron chi connectivity index (χ2n) is 4.25. The lowest BCUT2D eigenvalue weighted by Crippen LogP contribution is -2.10. The zero-order valence-corrected chi connectivity index (χ0v) is 14.5. The van der Waals surface area contributed by atoms with E-state index in [0.717, 1.165) is 6.42 Å². The number of carbonyl (C=O) groups is 1. The molecule has 1 aromatic rings. The summed E-state index contributed by atoms with van der Waals surface area (Å²) in [6.45, 7) is 5.65. The van der Waals surface area contributed by atoms with Crippen molar-refractivity contribution in [2.75, 3.05) is 20.3 Å². The third-order valence-electron chi connectivity index (χ3n) is 2.61. The van der Waals surface area contributed by atoms with Gasteiger partial charge in [-0.3, -0.25) is 4.68 Å². The van der Waals surface area contributed by atoms with Gasteiger partial charge in [0, 0.05) is 20.3 Å². The van der Waals surface area contributed by atoms with Crippen LogP contribution in [-0.4, -0.2) is 36.1 Å². The van der Waals surface area contributed by atoms with Crippen LogP contribution in [0.5, 0.6) is 0 Å². The summed E-state index contributed by atoms with van der Waals surface area (Å²) in [6, 6.07) is 0. The maximum atomic E-state index is 11.8. The normalized spacial score (nSPS) is 12.5. The van der Waals surface area contributed by atoms with Gasteiger partial charge in [-0.25, -0.2) is 4.79 Å². The molecule has 19 heavy (non-hydrogen) atoms. The molecule has 0 saturated carbocycles. The molecule has 1 heterocycles. The van der Waals surface area contributed by atoms with E-state index in [1.807, 2.05) is 0 Å². The number of hydrogen-bond donors (Lipinski definition) is 0. The number of aromatic nitrogens is 2. The molecule has 0 radical (unpaired) electrons. The molecular weight excluding hydrogens is 380 g/mol. The summed E-state index contributed by atoms with van der Waals surface area (Å²) in [5, 5.41) is 4.29. The van der Waals surface area contributed by atoms with Gasteiger partial charge in [0.25, 0.3) is 0 Å². The van der Waals surface area contributed by atoms with Gasteiger partial charge in [-0.2, -0.15) is 5.10 Å². The molecule has 1 atom stereocenters. The quantitative estimate of drug-likeness (QED) is 0.662. The standard InChI is InChI=1S/C12H18Br2N2O3/c1-4-19-12(17)9-10(13)15-16(11(9)14)6-5-8(2)7-18-3/h8H,4-7H2,1-3H3. The van der Waals surface area contributed by atoms with Crippen molar-refractivity contribution in [1.29, 1.82) is 0 Å². The molecule has 0 saturated heterocycles. The van der Waals surface area contributed by atoms with Crippen LogP contribution in [0.2, 0.25) is 0 Å². The Kier molecular flexibility index (Phi) is 7.02. The number of hydrogen-bond acceptors (Lipinski definition) is 4. The zero-order valence-electron chi connectivity index (χ0n) is 11.3. The van der Waals surface area contributed by atoms with E-state index in [4.69, 9.17) is 9.47 Å². The molecule has 0 aliphatic rings. The van der Waals surface area contributed by atoms with Crippen LogP contribution in [-0.2, 0) is 16.0 Å². The summed E-state index contributed by atoms with van der Waals surface area (Å²) in [5.41, 5.74) is 0.432. The van der Waals surface area contributed by atoms with E-state index in [1.165, 1.54) is 0 Å². The van der Waals surface area contributed by atoms with Crippen molar-refractivity contribution in [3.8, 4) is 0 Å². The third kappa shape index (κ3) is 4.57. The average Bonchev–Trinajstić information content (AvgIpc) is 2.62. The molecule has 0 bridgehead atoms. The monoisotopic (exact) mass is 396 g/mol. The highest BCUT2D eigenvalue weighted by Gasteiger charge is 2.22. The van der Waals surface area contributed by atoms with Crippen molar-refractivity contribution < 1.29 is 14.3 Å². The first-order valence-electron chi connectivity index (χ1n) is 6.09. The molecule has 1 aromatic heterocycles. The predicted molar refractivity (Wildman–Crippen MR) is 79.2 cm³/mol. The summed E-state index contributed by atoms with van der Waals surface area (Å²) >= 11 is 6.69. The highest BCUT2D eigenvalue weighted by atomic mass is 79.9. The van der Waals surface area contributed by atoms with Crippen molar-refractivity contribution in [3.63, 3.8) is 0 Å². The van der Waals surface area contributed by atoms with Crippen molar-refractivity contribution in [2.24, 2.45) is 5.92 Å². The Balaban J connectivity index is 2.76. The van der Waals surface area contributed by atoms with Crippen LogP contribution in [0.15, 0.2) is 9.21 Å². The number of ether oxygens (including phenoxy) is 2. The van der Waals surface area contributed by atoms with Crippen LogP contribution in [0.25, 0.3) is 0 Å². The Morgan fingerprint density at radius 1 is 1.47 bits per heavy atom. The number of rotatable bonds is 7. The van der Waals surface area contributed by atoms with E-state index in [1.54, 1.807) is 18.7 Å². The van der Waals surface area contributed by atoms with Crippen molar-refractivity contribution >= 4 is 37.8 Å². The van der Waals surface area contributed by atoms with Gasteiger partial charge in [0.1, 0.15) is 14.8 Å². The van der Waals surface area contributed by atoms with Gasteiger partial charge in [0.2, 0.25) is 0 Å². The van der Waals surface area contributed by atoms with Gasteiger partial charge >= 0.3 is 5.97 Å². The average molecular weight is 398 g/mol. The molecule has 0 aliphatic carbocycles. The molecule has 0 amide bonds. The summed E-state index contributed by atoms with van der Waals surface area (Å²) in [5.74, 6) is 0.0587. The predicted octanol–water partition coefficient (Wildman–Crippen LogP) is 3.26. The van der Waals surface area contributed by atoms with Crippen molar-refractivity contribution in [1.82, 2.24) is 9.78 Å². The van der Waals surface area contributed by atoms with E-state index in [9.17, 15) is 4.79 Å². The van der Waals surface area contributed by atoms with E-state index in [-0.39, 0.29) is 5.97 Å². The summed E-state index contributed by atoms with van der Waals surface area (Å²) in [4.78, 5) is 11.8. The molecule has 5 nitrogen and oxygen atoms in total. The summed E-state index contributed by atoms with van der Waals surface area (Å²) in [6.07, 6.45) is 0.919. The topological polar surface area (TPSA) is 53.3 Å². The molecule has 0 aromatic carbocycles. The summed E-state index contributed by atoms with van der Waals surface area (Å²) in [7, 11) is 1.69. The van der Waals surface area contributed by atoms with Crippen molar-refractivity contribution in [3.05, 3.63) is 14.8 Å². The Bertz CT molecular complexity index is 435. The number of carbonyl (C=O) groups excluding carboxylic acids is 1. The van der Waals surface area contributed by atoms with Crippen LogP contribution in [0.1, 0.15) is 30.6 Å². The molecule has 0 spiro atoms. The van der Waals surface area contributed by atoms with Gasteiger partial charge in [-0.05, 0) is 51.1 Å². The second kappa shape index (κ2) is 8.01. The van der Waals surface area contributed by atoms with Crippen molar-refractivity contribution in [2.45, 2.75) is 26.8 Å². The number of aryl methyl sites for hydroxylation is 1. The minimum absolute atomic E-state index is 0.341. The fourth-order valence-corrected chi connectivity index (χ4v) is 3.06. The van der Waals surface area contributed by atoms with Gasteiger partial charge in [0.15, 0.2) is 0 Å². The molecule has 1 rings (SSSR count). The highest BCUT2D eigenvalue weighted by molar-refractivity contribution is 9.11. The lowest BCUT2D eigenvalue weighted by atomic mass is 10.1. The van der Waals surface area contributed by atoms with Crippen LogP contribution >= 0.6 is 31.9 Å². The molecular formula is C12H18Br2N2O3. The number of methoxy groups -OCH3 is 1. The molecule has 108 valence electrons. The minimum atomic E-state index is -0.377. The largest absolute Gasteiger partial charge is 0.462 e. The maximum absolute atomic E-state index is 11.8. The molecule has 0 aliphatic heterocycles. The molecule has 7 heteroatoms. The SMILES string of the molecule is CCOC(=O)c1c(Br)nn(CCC(C)COC)c1Br. The number of halogens is 2. The Morgan fingerprint density at radius 2 is 2.16 bits per heavy atom. The lowest BCUT2D eigenvalue weighted by molar-refractivity contribution is 0.0524. The Hall–Kier alpha value is -0.400. The first-order valence-corrected chi connectivity index (χ1v) is 7.67. The molecule has 0 fully saturated rings. The Labute approximate surface area is 129 Å². The second-order valence-corrected chi connectivity index (χ2v) is 5.75. The third-order valence-corrected chi connectivity index (χ3v) is 3.97. The van der Waals surface area contributed by atoms with E-state index in [0.29, 0.717) is 40.4 Å². The van der Waals surface area contributed by atoms with E-state index >= 15 is 0 Å². The van der Waals surface area contributed by atoms with Crippen LogP contribution in [0, 0.1) is 5.92 Å². The van der Waals surface area contributed by atoms with Crippen LogP contribution in [0.3, 0.4) is 0 Å². The fraction of sp³-hybridized carbons (Fsp3) is 0.667. The Morgan fingerprint density at radius 3 is 2.74 bits per heavy atom. The minimum Gasteiger partial charge on any atom is -0.462 e. The first-order chi connectivity index (χ1) is 9.01. The number of nitrogens with zero attached hydrogens (tertiary/aromatic N) is 2. The van der Waals surface area contributed by atoms with Gasteiger partial charge in [-0.1, -0.05) is 6.92 Å². The zero-order chi connectivity index (χ0) is 14.4. The lowest BCUT2D eigenvalue weighted by Gasteiger charge is -2.10. The van der Waals surface area contributed by atoms with Gasteiger partial charge < -0.3 is 9.47 Å².